The van der Waals surface area contributed by atoms with Crippen LogP contribution in [0.2, 0.25) is 0 Å². The lowest BCUT2D eigenvalue weighted by molar-refractivity contribution is -0.113. The lowest BCUT2D eigenvalue weighted by Crippen LogP contribution is -2.14. The van der Waals surface area contributed by atoms with Crippen LogP contribution in [0.25, 0.3) is 11.0 Å². The zero-order valence-electron chi connectivity index (χ0n) is 11.1. The molecule has 0 aliphatic rings. The quantitative estimate of drug-likeness (QED) is 0.702. The molecule has 2 N–H and O–H groups in total. The third-order valence-corrected chi connectivity index (χ3v) is 3.59. The number of hydrogen-bond acceptors (Lipinski definition) is 6. The molecule has 0 aliphatic carbocycles. The Morgan fingerprint density at radius 1 is 1.48 bits per heavy atom. The van der Waals surface area contributed by atoms with Crippen LogP contribution in [0, 0.1) is 0 Å². The second-order valence-corrected chi connectivity index (χ2v) is 5.11. The Bertz CT molecular complexity index is 754. The van der Waals surface area contributed by atoms with Gasteiger partial charge in [0.15, 0.2) is 11.0 Å². The highest BCUT2D eigenvalue weighted by molar-refractivity contribution is 7.99. The Kier molecular flexibility index (Phi) is 3.78. The van der Waals surface area contributed by atoms with Crippen molar-refractivity contribution in [3.63, 3.8) is 0 Å². The SMILES string of the molecule is COc1ccc2nc(SCC(=O)Nc3ccon3)[nH]c2c1. The van der Waals surface area contributed by atoms with Crippen molar-refractivity contribution in [2.24, 2.45) is 0 Å². The number of fused-ring (bicyclic) bond motifs is 1. The second kappa shape index (κ2) is 5.88. The van der Waals surface area contributed by atoms with Crippen molar-refractivity contribution in [3.05, 3.63) is 30.5 Å². The van der Waals surface area contributed by atoms with Gasteiger partial charge in [-0.2, -0.15) is 0 Å². The Morgan fingerprint density at radius 2 is 2.38 bits per heavy atom. The molecule has 1 amide bonds. The third kappa shape index (κ3) is 3.16. The van der Waals surface area contributed by atoms with Crippen LogP contribution in [-0.4, -0.2) is 33.9 Å². The number of aromatic nitrogens is 3. The first-order chi connectivity index (χ1) is 10.2. The topological polar surface area (TPSA) is 93.0 Å². The van der Waals surface area contributed by atoms with Gasteiger partial charge in [0.25, 0.3) is 0 Å². The minimum atomic E-state index is -0.174. The molecule has 0 saturated carbocycles. The van der Waals surface area contributed by atoms with E-state index in [2.05, 4.69) is 25.0 Å². The normalized spacial score (nSPS) is 10.7. The number of aromatic amines is 1. The lowest BCUT2D eigenvalue weighted by Gasteiger charge is -1.98. The van der Waals surface area contributed by atoms with Gasteiger partial charge >= 0.3 is 0 Å². The van der Waals surface area contributed by atoms with Gasteiger partial charge < -0.3 is 19.6 Å². The lowest BCUT2D eigenvalue weighted by atomic mass is 10.3. The minimum Gasteiger partial charge on any atom is -0.497 e. The summed E-state index contributed by atoms with van der Waals surface area (Å²) in [6.07, 6.45) is 1.40. The van der Waals surface area contributed by atoms with Crippen LogP contribution >= 0.6 is 11.8 Å². The number of methoxy groups -OCH3 is 1. The molecule has 1 aromatic carbocycles. The van der Waals surface area contributed by atoms with Crippen molar-refractivity contribution < 1.29 is 14.1 Å². The second-order valence-electron chi connectivity index (χ2n) is 4.15. The molecule has 0 aliphatic heterocycles. The molecule has 0 saturated heterocycles. The first-order valence-corrected chi connectivity index (χ1v) is 7.10. The Morgan fingerprint density at radius 3 is 3.14 bits per heavy atom. The highest BCUT2D eigenvalue weighted by atomic mass is 32.2. The van der Waals surface area contributed by atoms with Gasteiger partial charge in [0.05, 0.1) is 23.9 Å². The summed E-state index contributed by atoms with van der Waals surface area (Å²) >= 11 is 1.31. The highest BCUT2D eigenvalue weighted by Gasteiger charge is 2.09. The van der Waals surface area contributed by atoms with Gasteiger partial charge in [-0.3, -0.25) is 4.79 Å². The van der Waals surface area contributed by atoms with E-state index in [-0.39, 0.29) is 11.7 Å². The van der Waals surface area contributed by atoms with Gasteiger partial charge in [0.2, 0.25) is 5.91 Å². The summed E-state index contributed by atoms with van der Waals surface area (Å²) in [5, 5.41) is 6.90. The van der Waals surface area contributed by atoms with E-state index in [0.29, 0.717) is 11.0 Å². The predicted octanol–water partition coefficient (Wildman–Crippen LogP) is 2.29. The van der Waals surface area contributed by atoms with Crippen molar-refractivity contribution in [1.82, 2.24) is 15.1 Å². The molecule has 8 heteroatoms. The summed E-state index contributed by atoms with van der Waals surface area (Å²) in [4.78, 5) is 19.3. The van der Waals surface area contributed by atoms with Gasteiger partial charge in [-0.1, -0.05) is 16.9 Å². The number of benzene rings is 1. The Hall–Kier alpha value is -2.48. The molecular formula is C13H12N4O3S. The van der Waals surface area contributed by atoms with Gasteiger partial charge in [-0.25, -0.2) is 4.98 Å². The van der Waals surface area contributed by atoms with Crippen LogP contribution in [0.3, 0.4) is 0 Å². The van der Waals surface area contributed by atoms with E-state index in [9.17, 15) is 4.79 Å². The van der Waals surface area contributed by atoms with Crippen molar-refractivity contribution in [2.45, 2.75) is 5.16 Å². The average Bonchev–Trinajstić information content (AvgIpc) is 3.12. The average molecular weight is 304 g/mol. The van der Waals surface area contributed by atoms with Crippen LogP contribution in [0.1, 0.15) is 0 Å². The molecule has 0 spiro atoms. The van der Waals surface area contributed by atoms with E-state index in [0.717, 1.165) is 16.8 Å². The number of nitrogens with zero attached hydrogens (tertiary/aromatic N) is 2. The Labute approximate surface area is 124 Å². The minimum absolute atomic E-state index is 0.174. The molecule has 21 heavy (non-hydrogen) atoms. The maximum atomic E-state index is 11.7. The van der Waals surface area contributed by atoms with Crippen LogP contribution in [0.5, 0.6) is 5.75 Å². The molecule has 0 bridgehead atoms. The van der Waals surface area contributed by atoms with Crippen LogP contribution < -0.4 is 10.1 Å². The standard InChI is InChI=1S/C13H12N4O3S/c1-19-8-2-3-9-10(6-8)15-13(14-9)21-7-12(18)16-11-4-5-20-17-11/h2-6H,7H2,1H3,(H,14,15)(H,16,17,18). The first-order valence-electron chi connectivity index (χ1n) is 6.11. The summed E-state index contributed by atoms with van der Waals surface area (Å²) in [6, 6.07) is 7.15. The summed E-state index contributed by atoms with van der Waals surface area (Å²) in [5.74, 6) is 1.21. The molecule has 108 valence electrons. The molecule has 0 unspecified atom stereocenters. The number of H-pyrrole nitrogens is 1. The monoisotopic (exact) mass is 304 g/mol. The molecule has 7 nitrogen and oxygen atoms in total. The summed E-state index contributed by atoms with van der Waals surface area (Å²) in [6.45, 7) is 0. The molecule has 0 fully saturated rings. The van der Waals surface area contributed by atoms with Gasteiger partial charge in [0, 0.05) is 12.1 Å². The number of amides is 1. The van der Waals surface area contributed by atoms with Crippen molar-refractivity contribution in [3.8, 4) is 5.75 Å². The van der Waals surface area contributed by atoms with Crippen molar-refractivity contribution >= 4 is 34.5 Å². The van der Waals surface area contributed by atoms with Crippen LogP contribution in [0.4, 0.5) is 5.82 Å². The van der Waals surface area contributed by atoms with E-state index < -0.39 is 0 Å². The van der Waals surface area contributed by atoms with Gasteiger partial charge in [-0.15, -0.1) is 0 Å². The maximum absolute atomic E-state index is 11.7. The third-order valence-electron chi connectivity index (χ3n) is 2.71. The number of carbonyl (C=O) groups is 1. The van der Waals surface area contributed by atoms with E-state index >= 15 is 0 Å². The molecule has 3 aromatic rings. The fourth-order valence-corrected chi connectivity index (χ4v) is 2.44. The molecular weight excluding hydrogens is 292 g/mol. The van der Waals surface area contributed by atoms with Gasteiger partial charge in [-0.05, 0) is 12.1 Å². The molecule has 2 heterocycles. The van der Waals surface area contributed by atoms with Gasteiger partial charge in [0.1, 0.15) is 12.0 Å². The molecule has 3 rings (SSSR count). The Balaban J connectivity index is 1.63. The van der Waals surface area contributed by atoms with E-state index in [1.807, 2.05) is 18.2 Å². The number of rotatable bonds is 5. The zero-order valence-corrected chi connectivity index (χ0v) is 11.9. The highest BCUT2D eigenvalue weighted by Crippen LogP contribution is 2.23. The number of carbonyl (C=O) groups excluding carboxylic acids is 1. The molecule has 0 radical (unpaired) electrons. The smallest absolute Gasteiger partial charge is 0.236 e. The van der Waals surface area contributed by atoms with Crippen LogP contribution in [-0.2, 0) is 4.79 Å². The van der Waals surface area contributed by atoms with Crippen molar-refractivity contribution in [2.75, 3.05) is 18.2 Å². The fraction of sp³-hybridized carbons (Fsp3) is 0.154. The number of imidazole rings is 1. The largest absolute Gasteiger partial charge is 0.497 e. The van der Waals surface area contributed by atoms with Crippen molar-refractivity contribution in [1.29, 1.82) is 0 Å². The summed E-state index contributed by atoms with van der Waals surface area (Å²) in [5.41, 5.74) is 1.70. The maximum Gasteiger partial charge on any atom is 0.236 e. The van der Waals surface area contributed by atoms with Crippen LogP contribution in [0.15, 0.2) is 40.2 Å². The number of nitrogens with one attached hydrogen (secondary N) is 2. The molecule has 0 atom stereocenters. The first kappa shape index (κ1) is 13.5. The van der Waals surface area contributed by atoms with E-state index in [1.54, 1.807) is 13.2 Å². The number of ether oxygens (including phenoxy) is 1. The molecule has 2 aromatic heterocycles. The summed E-state index contributed by atoms with van der Waals surface area (Å²) < 4.78 is 9.79. The van der Waals surface area contributed by atoms with E-state index in [1.165, 1.54) is 18.0 Å². The zero-order chi connectivity index (χ0) is 14.7. The summed E-state index contributed by atoms with van der Waals surface area (Å²) in [7, 11) is 1.61. The number of thioether (sulfide) groups is 1. The number of anilines is 1. The van der Waals surface area contributed by atoms with E-state index in [4.69, 9.17) is 4.74 Å². The fourth-order valence-electron chi connectivity index (χ4n) is 1.75. The predicted molar refractivity (Wildman–Crippen MR) is 78.5 cm³/mol. The number of hydrogen-bond donors (Lipinski definition) is 2.